The molecule has 1 fully saturated rings. The first-order valence-electron chi connectivity index (χ1n) is 6.18. The largest absolute Gasteiger partial charge is 0.480 e. The predicted molar refractivity (Wildman–Crippen MR) is 72.7 cm³/mol. The van der Waals surface area contributed by atoms with Gasteiger partial charge in [-0.1, -0.05) is 6.92 Å². The molecule has 0 aromatic heterocycles. The molecule has 0 aromatic carbocycles. The van der Waals surface area contributed by atoms with Gasteiger partial charge in [-0.15, -0.1) is 4.91 Å². The zero-order valence-electron chi connectivity index (χ0n) is 11.1. The zero-order valence-corrected chi connectivity index (χ0v) is 11.9. The lowest BCUT2D eigenvalue weighted by molar-refractivity contribution is -0.143. The summed E-state index contributed by atoms with van der Waals surface area (Å²) in [6.07, 6.45) is 1.02. The number of nitroso groups, excluding NO2 is 1. The summed E-state index contributed by atoms with van der Waals surface area (Å²) in [7, 11) is 0. The predicted octanol–water partition coefficient (Wildman–Crippen LogP) is 0.845. The van der Waals surface area contributed by atoms with E-state index in [-0.39, 0.29) is 0 Å². The Morgan fingerprint density at radius 2 is 2.05 bits per heavy atom. The number of carbonyl (C=O) groups is 2. The Kier molecular flexibility index (Phi) is 5.74. The lowest BCUT2D eigenvalue weighted by Gasteiger charge is -2.42. The molecular formula is C11H19N3O4S. The molecule has 0 aromatic rings. The van der Waals surface area contributed by atoms with Crippen molar-refractivity contribution in [2.75, 3.05) is 19.6 Å². The molecule has 19 heavy (non-hydrogen) atoms. The molecule has 1 saturated heterocycles. The molecule has 0 radical (unpaired) electrons. The second-order valence-electron chi connectivity index (χ2n) is 4.64. The van der Waals surface area contributed by atoms with Gasteiger partial charge in [0.25, 0.3) is 0 Å². The summed E-state index contributed by atoms with van der Waals surface area (Å²) in [6, 6.07) is -1.09. The van der Waals surface area contributed by atoms with E-state index in [1.807, 2.05) is 6.92 Å². The van der Waals surface area contributed by atoms with E-state index in [1.54, 1.807) is 0 Å². The highest BCUT2D eigenvalue weighted by atomic mass is 32.2. The monoisotopic (exact) mass is 289 g/mol. The van der Waals surface area contributed by atoms with Gasteiger partial charge in [-0.25, -0.2) is 4.79 Å². The van der Waals surface area contributed by atoms with Crippen LogP contribution in [-0.4, -0.2) is 52.3 Å². The van der Waals surface area contributed by atoms with E-state index in [4.69, 9.17) is 0 Å². The third-order valence-electron chi connectivity index (χ3n) is 3.49. The number of hydrogen-bond donors (Lipinski definition) is 2. The molecular weight excluding hydrogens is 270 g/mol. The van der Waals surface area contributed by atoms with Gasteiger partial charge in [0, 0.05) is 23.5 Å². The molecule has 7 nitrogen and oxygen atoms in total. The molecule has 0 bridgehead atoms. The number of carboxylic acids is 1. The lowest BCUT2D eigenvalue weighted by Crippen LogP contribution is -2.58. The summed E-state index contributed by atoms with van der Waals surface area (Å²) in [5.41, 5.74) is 0. The van der Waals surface area contributed by atoms with Crippen molar-refractivity contribution in [3.8, 4) is 0 Å². The van der Waals surface area contributed by atoms with Crippen LogP contribution in [0.15, 0.2) is 4.58 Å². The summed E-state index contributed by atoms with van der Waals surface area (Å²) in [6.45, 7) is 5.57. The lowest BCUT2D eigenvalue weighted by atomic mass is 9.88. The highest BCUT2D eigenvalue weighted by Gasteiger charge is 2.47. The highest BCUT2D eigenvalue weighted by molar-refractivity contribution is 7.99. The van der Waals surface area contributed by atoms with E-state index in [1.165, 1.54) is 6.92 Å². The van der Waals surface area contributed by atoms with Crippen molar-refractivity contribution in [1.82, 2.24) is 10.2 Å². The van der Waals surface area contributed by atoms with Crippen LogP contribution in [0.4, 0.5) is 0 Å². The van der Waals surface area contributed by atoms with Crippen molar-refractivity contribution in [1.29, 1.82) is 0 Å². The van der Waals surface area contributed by atoms with Gasteiger partial charge in [-0.05, 0) is 32.5 Å². The first-order chi connectivity index (χ1) is 8.95. The number of carboxylic acid groups (broad SMARTS) is 1. The van der Waals surface area contributed by atoms with Crippen molar-refractivity contribution in [3.05, 3.63) is 4.91 Å². The molecule has 1 unspecified atom stereocenters. The molecule has 8 heteroatoms. The van der Waals surface area contributed by atoms with Crippen molar-refractivity contribution in [2.45, 2.75) is 37.5 Å². The Bertz CT molecular complexity index is 356. The number of piperidine rings is 1. The van der Waals surface area contributed by atoms with E-state index >= 15 is 0 Å². The Labute approximate surface area is 116 Å². The normalized spacial score (nSPS) is 20.5. The van der Waals surface area contributed by atoms with E-state index in [9.17, 15) is 19.6 Å². The van der Waals surface area contributed by atoms with Crippen LogP contribution >= 0.6 is 11.9 Å². The van der Waals surface area contributed by atoms with Crippen molar-refractivity contribution in [3.63, 3.8) is 0 Å². The molecule has 108 valence electrons. The minimum absolute atomic E-state index is 0.420. The Morgan fingerprint density at radius 3 is 2.42 bits per heavy atom. The maximum absolute atomic E-state index is 11.4. The van der Waals surface area contributed by atoms with Gasteiger partial charge in [0.15, 0.2) is 0 Å². The zero-order chi connectivity index (χ0) is 14.5. The van der Waals surface area contributed by atoms with E-state index in [0.717, 1.165) is 18.5 Å². The van der Waals surface area contributed by atoms with Gasteiger partial charge in [0.1, 0.15) is 6.04 Å². The summed E-state index contributed by atoms with van der Waals surface area (Å²) >= 11 is 0.738. The molecule has 1 aliphatic rings. The Balaban J connectivity index is 2.92. The summed E-state index contributed by atoms with van der Waals surface area (Å²) in [5, 5.41) is 11.7. The van der Waals surface area contributed by atoms with E-state index in [0.29, 0.717) is 25.9 Å². The molecule has 0 spiro atoms. The van der Waals surface area contributed by atoms with Gasteiger partial charge in [0.2, 0.25) is 5.91 Å². The smallest absolute Gasteiger partial charge is 0.327 e. The van der Waals surface area contributed by atoms with Crippen LogP contribution in [-0.2, 0) is 9.59 Å². The SMILES string of the molecule is CCN1CCC(SN=O)(C(NC(C)=O)C(=O)O)CC1. The highest BCUT2D eigenvalue weighted by Crippen LogP contribution is 2.40. The molecule has 1 atom stereocenters. The first-order valence-corrected chi connectivity index (χ1v) is 6.95. The number of nitrogens with one attached hydrogen (secondary N) is 1. The van der Waals surface area contributed by atoms with Crippen LogP contribution in [0.5, 0.6) is 0 Å². The van der Waals surface area contributed by atoms with Crippen LogP contribution in [0.3, 0.4) is 0 Å². The minimum atomic E-state index is -1.13. The second kappa shape index (κ2) is 6.85. The number of carbonyl (C=O) groups excluding carboxylic acids is 1. The van der Waals surface area contributed by atoms with Gasteiger partial charge in [0.05, 0.1) is 4.75 Å². The first kappa shape index (κ1) is 15.9. The molecule has 0 aliphatic carbocycles. The van der Waals surface area contributed by atoms with Crippen LogP contribution in [0, 0.1) is 4.91 Å². The number of nitrogens with zero attached hydrogens (tertiary/aromatic N) is 2. The van der Waals surface area contributed by atoms with Crippen LogP contribution in [0.1, 0.15) is 26.7 Å². The Hall–Kier alpha value is -1.15. The fraction of sp³-hybridized carbons (Fsp3) is 0.818. The number of hydrogen-bond acceptors (Lipinski definition) is 6. The molecule has 1 heterocycles. The number of likely N-dealkylation sites (tertiary alicyclic amines) is 1. The fourth-order valence-electron chi connectivity index (χ4n) is 2.38. The summed E-state index contributed by atoms with van der Waals surface area (Å²) < 4.78 is 1.97. The molecule has 1 rings (SSSR count). The maximum Gasteiger partial charge on any atom is 0.327 e. The van der Waals surface area contributed by atoms with Crippen molar-refractivity contribution in [2.24, 2.45) is 4.58 Å². The van der Waals surface area contributed by atoms with Crippen LogP contribution in [0.25, 0.3) is 0 Å². The number of aliphatic carboxylic acids is 1. The Morgan fingerprint density at radius 1 is 1.47 bits per heavy atom. The number of amides is 1. The average Bonchev–Trinajstić information content (AvgIpc) is 2.36. The maximum atomic E-state index is 11.4. The van der Waals surface area contributed by atoms with Gasteiger partial charge in [-0.3, -0.25) is 4.79 Å². The van der Waals surface area contributed by atoms with E-state index in [2.05, 4.69) is 14.8 Å². The third-order valence-corrected chi connectivity index (χ3v) is 4.57. The standard InChI is InChI=1S/C11H19N3O4S/c1-3-14-6-4-11(5-7-14,19-13-18)9(10(16)17)12-8(2)15/h9H,3-7H2,1-2H3,(H,12,15)(H,16,17). The van der Waals surface area contributed by atoms with Crippen LogP contribution < -0.4 is 5.32 Å². The second-order valence-corrected chi connectivity index (χ2v) is 5.78. The topological polar surface area (TPSA) is 99.1 Å². The minimum Gasteiger partial charge on any atom is -0.480 e. The summed E-state index contributed by atoms with van der Waals surface area (Å²) in [4.78, 5) is 35.4. The van der Waals surface area contributed by atoms with Crippen molar-refractivity contribution < 1.29 is 14.7 Å². The molecule has 1 aliphatic heterocycles. The van der Waals surface area contributed by atoms with Crippen LogP contribution in [0.2, 0.25) is 0 Å². The van der Waals surface area contributed by atoms with Gasteiger partial charge in [-0.2, -0.15) is 0 Å². The molecule has 1 amide bonds. The van der Waals surface area contributed by atoms with E-state index < -0.39 is 22.7 Å². The molecule has 2 N–H and O–H groups in total. The summed E-state index contributed by atoms with van der Waals surface area (Å²) in [5.74, 6) is -1.55. The number of rotatable bonds is 6. The fourth-order valence-corrected chi connectivity index (χ4v) is 3.15. The van der Waals surface area contributed by atoms with Crippen molar-refractivity contribution >= 4 is 23.8 Å². The average molecular weight is 289 g/mol. The quantitative estimate of drug-likeness (QED) is 0.555. The van der Waals surface area contributed by atoms with Gasteiger partial charge < -0.3 is 15.3 Å². The third kappa shape index (κ3) is 3.90. The molecule has 0 saturated carbocycles. The van der Waals surface area contributed by atoms with Gasteiger partial charge >= 0.3 is 5.97 Å².